The van der Waals surface area contributed by atoms with Gasteiger partial charge in [-0.3, -0.25) is 10.1 Å². The van der Waals surface area contributed by atoms with Crippen LogP contribution in [0, 0.1) is 12.8 Å². The van der Waals surface area contributed by atoms with E-state index in [0.717, 1.165) is 76.7 Å². The molecule has 8 nitrogen and oxygen atoms in total. The number of benzene rings is 3. The smallest absolute Gasteiger partial charge is 0.324 e. The highest BCUT2D eigenvalue weighted by atomic mass is 32.1. The fraction of sp³-hybridized carbons (Fsp3) is 0.308. The van der Waals surface area contributed by atoms with E-state index in [1.165, 1.54) is 16.9 Å². The van der Waals surface area contributed by atoms with Crippen molar-refractivity contribution in [3.63, 3.8) is 0 Å². The number of aromatic nitrogens is 2. The summed E-state index contributed by atoms with van der Waals surface area (Å²) in [5.41, 5.74) is 6.84. The number of urea groups is 1. The molecule has 5 aromatic rings. The van der Waals surface area contributed by atoms with Gasteiger partial charge in [-0.1, -0.05) is 62.7 Å². The van der Waals surface area contributed by atoms with Crippen LogP contribution in [0.5, 0.6) is 5.75 Å². The van der Waals surface area contributed by atoms with Crippen LogP contribution in [-0.2, 0) is 11.8 Å². The molecular weight excluding hydrogens is 619 g/mol. The Morgan fingerprint density at radius 1 is 0.896 bits per heavy atom. The highest BCUT2D eigenvalue weighted by molar-refractivity contribution is 7.12. The summed E-state index contributed by atoms with van der Waals surface area (Å²) in [7, 11) is 1.66. The quantitative estimate of drug-likeness (QED) is 0.174. The topological polar surface area (TPSA) is 88.5 Å². The molecule has 1 aliphatic rings. The Kier molecular flexibility index (Phi) is 9.68. The fourth-order valence-corrected chi connectivity index (χ4v) is 6.82. The number of hydrogen-bond donors (Lipinski definition) is 2. The molecule has 0 atom stereocenters. The van der Waals surface area contributed by atoms with Gasteiger partial charge in [-0.2, -0.15) is 5.10 Å². The molecule has 0 unspecified atom stereocenters. The zero-order chi connectivity index (χ0) is 33.8. The number of nitrogens with zero attached hydrogens (tertiary/aromatic N) is 3. The monoisotopic (exact) mass is 661 g/mol. The van der Waals surface area contributed by atoms with Gasteiger partial charge in [-0.15, -0.1) is 11.3 Å². The van der Waals surface area contributed by atoms with Crippen molar-refractivity contribution in [1.82, 2.24) is 14.7 Å². The second-order valence-corrected chi connectivity index (χ2v) is 14.5. The van der Waals surface area contributed by atoms with Crippen LogP contribution in [0.3, 0.4) is 0 Å². The lowest BCUT2D eigenvalue weighted by Gasteiger charge is -2.32. The summed E-state index contributed by atoms with van der Waals surface area (Å²) in [6, 6.07) is 27.6. The van der Waals surface area contributed by atoms with E-state index in [0.29, 0.717) is 11.7 Å². The number of piperidine rings is 1. The first kappa shape index (κ1) is 33.0. The third kappa shape index (κ3) is 7.80. The van der Waals surface area contributed by atoms with Gasteiger partial charge in [0.05, 0.1) is 23.4 Å². The number of aryl methyl sites for hydroxylation is 1. The van der Waals surface area contributed by atoms with Gasteiger partial charge in [-0.25, -0.2) is 9.48 Å². The molecule has 0 bridgehead atoms. The third-order valence-corrected chi connectivity index (χ3v) is 9.79. The number of rotatable bonds is 8. The number of ether oxygens (including phenoxy) is 1. The maximum atomic E-state index is 13.3. The van der Waals surface area contributed by atoms with Crippen LogP contribution in [0.25, 0.3) is 16.8 Å². The molecule has 6 rings (SSSR count). The lowest BCUT2D eigenvalue weighted by atomic mass is 9.90. The first-order chi connectivity index (χ1) is 23.1. The molecule has 0 saturated carbocycles. The Hall–Kier alpha value is -4.89. The van der Waals surface area contributed by atoms with Crippen molar-refractivity contribution >= 4 is 34.8 Å². The Morgan fingerprint density at radius 3 is 2.23 bits per heavy atom. The number of amides is 3. The fourth-order valence-electron chi connectivity index (χ4n) is 5.93. The molecule has 3 aromatic carbocycles. The van der Waals surface area contributed by atoms with Gasteiger partial charge in [0.25, 0.3) is 5.91 Å². The number of likely N-dealkylation sites (tertiary alicyclic amines) is 1. The van der Waals surface area contributed by atoms with Gasteiger partial charge < -0.3 is 15.0 Å². The zero-order valence-corrected chi connectivity index (χ0v) is 29.1. The Balaban J connectivity index is 1.01. The van der Waals surface area contributed by atoms with E-state index >= 15 is 0 Å². The molecule has 2 N–H and O–H groups in total. The minimum Gasteiger partial charge on any atom is -0.497 e. The van der Waals surface area contributed by atoms with Gasteiger partial charge in [0.2, 0.25) is 0 Å². The molecule has 0 aliphatic carbocycles. The molecule has 3 amide bonds. The Morgan fingerprint density at radius 2 is 1.58 bits per heavy atom. The summed E-state index contributed by atoms with van der Waals surface area (Å²) in [6.07, 6.45) is 2.88. The molecule has 0 spiro atoms. The van der Waals surface area contributed by atoms with Crippen LogP contribution in [0.4, 0.5) is 16.3 Å². The zero-order valence-electron chi connectivity index (χ0n) is 28.2. The van der Waals surface area contributed by atoms with Crippen molar-refractivity contribution < 1.29 is 14.3 Å². The van der Waals surface area contributed by atoms with Crippen LogP contribution in [0.15, 0.2) is 90.3 Å². The van der Waals surface area contributed by atoms with E-state index in [2.05, 4.69) is 43.5 Å². The lowest BCUT2D eigenvalue weighted by molar-refractivity contribution is 0.0695. The largest absolute Gasteiger partial charge is 0.497 e. The Bertz CT molecular complexity index is 1860. The molecule has 3 heterocycles. The van der Waals surface area contributed by atoms with E-state index in [1.54, 1.807) is 11.8 Å². The SMILES string of the molecule is COc1ccc(-c2csc(C(=O)N3CCC(Cc4ccc(NC(=O)Nc5cc(C(C)(C)C)nn5-c5ccc(C)cc5)cc4)CC3)c2)cc1. The van der Waals surface area contributed by atoms with E-state index in [9.17, 15) is 9.59 Å². The summed E-state index contributed by atoms with van der Waals surface area (Å²) in [5.74, 6) is 2.05. The number of carbonyl (C=O) groups excluding carboxylic acids is 2. The molecule has 1 aliphatic heterocycles. The first-order valence-corrected chi connectivity index (χ1v) is 17.3. The summed E-state index contributed by atoms with van der Waals surface area (Å²) >= 11 is 1.51. The average molecular weight is 662 g/mol. The van der Waals surface area contributed by atoms with Crippen molar-refractivity contribution in [2.45, 2.75) is 52.4 Å². The molecular formula is C39H43N5O3S. The van der Waals surface area contributed by atoms with E-state index < -0.39 is 0 Å². The van der Waals surface area contributed by atoms with Gasteiger partial charge >= 0.3 is 6.03 Å². The van der Waals surface area contributed by atoms with Gasteiger partial charge in [0.15, 0.2) is 0 Å². The maximum absolute atomic E-state index is 13.3. The van der Waals surface area contributed by atoms with Crippen molar-refractivity contribution in [2.75, 3.05) is 30.8 Å². The first-order valence-electron chi connectivity index (χ1n) is 16.4. The van der Waals surface area contributed by atoms with Crippen molar-refractivity contribution in [3.05, 3.63) is 112 Å². The van der Waals surface area contributed by atoms with Crippen molar-refractivity contribution in [1.29, 1.82) is 0 Å². The van der Waals surface area contributed by atoms with Crippen molar-refractivity contribution in [3.8, 4) is 22.6 Å². The maximum Gasteiger partial charge on any atom is 0.324 e. The third-order valence-electron chi connectivity index (χ3n) is 8.87. The molecule has 1 saturated heterocycles. The summed E-state index contributed by atoms with van der Waals surface area (Å²) < 4.78 is 7.04. The van der Waals surface area contributed by atoms with E-state index in [1.807, 2.05) is 90.0 Å². The van der Waals surface area contributed by atoms with Crippen LogP contribution >= 0.6 is 11.3 Å². The van der Waals surface area contributed by atoms with Crippen molar-refractivity contribution in [2.24, 2.45) is 5.92 Å². The van der Waals surface area contributed by atoms with Crippen LogP contribution < -0.4 is 15.4 Å². The second kappa shape index (κ2) is 14.1. The summed E-state index contributed by atoms with van der Waals surface area (Å²) in [6.45, 7) is 9.88. The average Bonchev–Trinajstić information content (AvgIpc) is 3.75. The predicted octanol–water partition coefficient (Wildman–Crippen LogP) is 8.95. The lowest BCUT2D eigenvalue weighted by Crippen LogP contribution is -2.38. The molecule has 0 radical (unpaired) electrons. The number of thiophene rings is 1. The second-order valence-electron chi connectivity index (χ2n) is 13.6. The highest BCUT2D eigenvalue weighted by Gasteiger charge is 2.25. The summed E-state index contributed by atoms with van der Waals surface area (Å²) in [5, 5.41) is 12.8. The number of methoxy groups -OCH3 is 1. The minimum absolute atomic E-state index is 0.114. The standard InChI is InChI=1S/C39H43N5O3S/c1-26-6-14-32(15-7-26)44-36(24-35(42-44)39(2,3)4)41-38(46)40-31-12-8-27(9-13-31)22-28-18-20-43(21-19-28)37(45)34-23-30(25-48-34)29-10-16-33(47-5)17-11-29/h6-17,23-25,28H,18-22H2,1-5H3,(H2,40,41,46). The van der Waals surface area contributed by atoms with E-state index in [4.69, 9.17) is 9.84 Å². The predicted molar refractivity (Wildman–Crippen MR) is 195 cm³/mol. The van der Waals surface area contributed by atoms with E-state index in [-0.39, 0.29) is 17.4 Å². The highest BCUT2D eigenvalue weighted by Crippen LogP contribution is 2.30. The molecule has 48 heavy (non-hydrogen) atoms. The normalized spacial score (nSPS) is 13.7. The molecule has 1 fully saturated rings. The van der Waals surface area contributed by atoms with Gasteiger partial charge in [-0.05, 0) is 96.6 Å². The number of carbonyl (C=O) groups is 2. The number of anilines is 2. The molecule has 9 heteroatoms. The van der Waals surface area contributed by atoms with Gasteiger partial charge in [0, 0.05) is 30.3 Å². The minimum atomic E-state index is -0.324. The number of nitrogens with one attached hydrogen (secondary N) is 2. The van der Waals surface area contributed by atoms with Crippen LogP contribution in [-0.4, -0.2) is 46.8 Å². The van der Waals surface area contributed by atoms with Gasteiger partial charge in [0.1, 0.15) is 11.6 Å². The molecule has 248 valence electrons. The van der Waals surface area contributed by atoms with Crippen LogP contribution in [0.2, 0.25) is 0 Å². The molecule has 2 aromatic heterocycles. The van der Waals surface area contributed by atoms with Crippen LogP contribution in [0.1, 0.15) is 60.1 Å². The summed E-state index contributed by atoms with van der Waals surface area (Å²) in [4.78, 5) is 29.1. The number of hydrogen-bond acceptors (Lipinski definition) is 5. The Labute approximate surface area is 286 Å².